The van der Waals surface area contributed by atoms with Crippen LogP contribution in [0, 0.1) is 19.7 Å². The average molecular weight is 470 g/mol. The first-order valence-corrected chi connectivity index (χ1v) is 11.1. The molecule has 166 valence electrons. The largest absolute Gasteiger partial charge is 0.348 e. The van der Waals surface area contributed by atoms with E-state index in [2.05, 4.69) is 48.4 Å². The number of aryl methyl sites for hydroxylation is 1. The maximum Gasteiger partial charge on any atom is 0.153 e. The van der Waals surface area contributed by atoms with Gasteiger partial charge in [-0.2, -0.15) is 0 Å². The summed E-state index contributed by atoms with van der Waals surface area (Å²) in [4.78, 5) is 7.25. The van der Waals surface area contributed by atoms with E-state index < -0.39 is 0 Å². The van der Waals surface area contributed by atoms with E-state index in [1.165, 1.54) is 39.9 Å². The summed E-state index contributed by atoms with van der Waals surface area (Å²) in [5, 5.41) is 1.98. The van der Waals surface area contributed by atoms with Crippen LogP contribution in [0.4, 0.5) is 10.2 Å². The van der Waals surface area contributed by atoms with Crippen molar-refractivity contribution in [3.8, 4) is 0 Å². The van der Waals surface area contributed by atoms with Crippen LogP contribution < -0.4 is 4.90 Å². The summed E-state index contributed by atoms with van der Waals surface area (Å²) in [6, 6.07) is 15.2. The van der Waals surface area contributed by atoms with Gasteiger partial charge in [0.05, 0.1) is 11.6 Å². The third-order valence-electron chi connectivity index (χ3n) is 6.70. The molecule has 0 saturated carbocycles. The fourth-order valence-electron chi connectivity index (χ4n) is 4.83. The van der Waals surface area contributed by atoms with Crippen LogP contribution in [0.2, 0.25) is 5.02 Å². The van der Waals surface area contributed by atoms with Gasteiger partial charge in [-0.15, -0.1) is 12.4 Å². The van der Waals surface area contributed by atoms with Gasteiger partial charge in [0, 0.05) is 35.4 Å². The van der Waals surface area contributed by atoms with Crippen molar-refractivity contribution in [3.05, 3.63) is 93.5 Å². The number of hydrogen-bond donors (Lipinski definition) is 0. The summed E-state index contributed by atoms with van der Waals surface area (Å²) in [7, 11) is 0. The lowest BCUT2D eigenvalue weighted by Crippen LogP contribution is -2.35. The Kier molecular flexibility index (Phi) is 6.19. The van der Waals surface area contributed by atoms with Crippen molar-refractivity contribution in [1.29, 1.82) is 0 Å². The molecular formula is C26H26Cl2FN3. The number of nitrogens with zero attached hydrogens (tertiary/aromatic N) is 3. The van der Waals surface area contributed by atoms with Crippen LogP contribution in [-0.2, 0) is 13.0 Å². The van der Waals surface area contributed by atoms with Gasteiger partial charge in [-0.25, -0.2) is 9.37 Å². The molecule has 1 unspecified atom stereocenters. The van der Waals surface area contributed by atoms with Crippen LogP contribution >= 0.6 is 24.0 Å². The summed E-state index contributed by atoms with van der Waals surface area (Å²) < 4.78 is 15.7. The molecule has 6 heteroatoms. The number of anilines is 1. The first kappa shape index (κ1) is 22.6. The van der Waals surface area contributed by atoms with Gasteiger partial charge in [0.1, 0.15) is 5.82 Å². The molecule has 3 heterocycles. The molecule has 0 N–H and O–H groups in total. The van der Waals surface area contributed by atoms with Gasteiger partial charge in [0.15, 0.2) is 5.82 Å². The molecule has 3 nitrogen and oxygen atoms in total. The maximum absolute atomic E-state index is 13.4. The maximum atomic E-state index is 13.4. The van der Waals surface area contributed by atoms with Gasteiger partial charge >= 0.3 is 0 Å². The third-order valence-corrected chi connectivity index (χ3v) is 6.94. The summed E-state index contributed by atoms with van der Waals surface area (Å²) in [6.07, 6.45) is 2.87. The lowest BCUT2D eigenvalue weighted by Gasteiger charge is -2.37. The lowest BCUT2D eigenvalue weighted by molar-refractivity contribution is 0.617. The van der Waals surface area contributed by atoms with Crippen molar-refractivity contribution in [3.63, 3.8) is 0 Å². The fourth-order valence-corrected chi connectivity index (χ4v) is 5.01. The Bertz CT molecular complexity index is 1280. The van der Waals surface area contributed by atoms with Crippen molar-refractivity contribution in [1.82, 2.24) is 9.55 Å². The normalized spacial score (nSPS) is 15.5. The smallest absolute Gasteiger partial charge is 0.153 e. The molecule has 2 aromatic heterocycles. The fraction of sp³-hybridized carbons (Fsp3) is 0.269. The standard InChI is InChI=1S/C26H25ClFN3.ClH/c1-16-17(2)31(15-19-4-8-22(28)9-5-19)25-23(16)10-12-29-26(25)30-13-11-20-6-7-21(27)14-24(20)18(30)3;/h4-10,12,14,18H,11,13,15H2,1-3H3;1H. The average Bonchev–Trinajstić information content (AvgIpc) is 3.01. The molecule has 0 spiro atoms. The quantitative estimate of drug-likeness (QED) is 0.320. The number of benzene rings is 2. The van der Waals surface area contributed by atoms with E-state index in [1.807, 2.05) is 24.4 Å². The number of halogens is 3. The number of fused-ring (bicyclic) bond motifs is 2. The first-order valence-electron chi connectivity index (χ1n) is 10.7. The monoisotopic (exact) mass is 469 g/mol. The second kappa shape index (κ2) is 8.76. The highest BCUT2D eigenvalue weighted by atomic mass is 35.5. The molecular weight excluding hydrogens is 444 g/mol. The third kappa shape index (κ3) is 3.76. The van der Waals surface area contributed by atoms with Crippen LogP contribution in [0.15, 0.2) is 54.7 Å². The number of hydrogen-bond acceptors (Lipinski definition) is 2. The Hall–Kier alpha value is -2.56. The minimum absolute atomic E-state index is 0. The van der Waals surface area contributed by atoms with E-state index >= 15 is 0 Å². The van der Waals surface area contributed by atoms with Crippen LogP contribution in [0.3, 0.4) is 0 Å². The van der Waals surface area contributed by atoms with Gasteiger partial charge in [-0.3, -0.25) is 0 Å². The number of aromatic nitrogens is 2. The van der Waals surface area contributed by atoms with Crippen LogP contribution in [0.25, 0.3) is 10.9 Å². The topological polar surface area (TPSA) is 21.1 Å². The Morgan fingerprint density at radius 1 is 1.09 bits per heavy atom. The molecule has 1 atom stereocenters. The van der Waals surface area contributed by atoms with Gasteiger partial charge in [-0.1, -0.05) is 29.8 Å². The van der Waals surface area contributed by atoms with Crippen LogP contribution in [0.1, 0.15) is 40.9 Å². The minimum atomic E-state index is -0.212. The Morgan fingerprint density at radius 3 is 2.59 bits per heavy atom. The molecule has 0 amide bonds. The summed E-state index contributed by atoms with van der Waals surface area (Å²) in [5.41, 5.74) is 7.30. The molecule has 4 aromatic rings. The molecule has 0 radical (unpaired) electrons. The van der Waals surface area contributed by atoms with E-state index in [1.54, 1.807) is 0 Å². The van der Waals surface area contributed by atoms with Crippen molar-refractivity contribution >= 4 is 40.7 Å². The molecule has 0 aliphatic carbocycles. The molecule has 0 saturated heterocycles. The molecule has 1 aliphatic rings. The van der Waals surface area contributed by atoms with Crippen LogP contribution in [0.5, 0.6) is 0 Å². The van der Waals surface area contributed by atoms with Crippen molar-refractivity contribution < 1.29 is 4.39 Å². The molecule has 32 heavy (non-hydrogen) atoms. The Morgan fingerprint density at radius 2 is 1.84 bits per heavy atom. The Balaban J connectivity index is 0.00000245. The number of pyridine rings is 1. The van der Waals surface area contributed by atoms with E-state index in [0.717, 1.165) is 34.9 Å². The van der Waals surface area contributed by atoms with Gasteiger partial charge in [0.2, 0.25) is 0 Å². The van der Waals surface area contributed by atoms with Crippen molar-refractivity contribution in [2.75, 3.05) is 11.4 Å². The van der Waals surface area contributed by atoms with Crippen molar-refractivity contribution in [2.45, 2.75) is 39.8 Å². The molecule has 0 fully saturated rings. The summed E-state index contributed by atoms with van der Waals surface area (Å²) in [5.74, 6) is 0.782. The van der Waals surface area contributed by atoms with Gasteiger partial charge < -0.3 is 9.47 Å². The van der Waals surface area contributed by atoms with E-state index in [9.17, 15) is 4.39 Å². The van der Waals surface area contributed by atoms with E-state index in [0.29, 0.717) is 6.54 Å². The second-order valence-corrected chi connectivity index (χ2v) is 8.85. The van der Waals surface area contributed by atoms with E-state index in [-0.39, 0.29) is 24.3 Å². The lowest BCUT2D eigenvalue weighted by atomic mass is 9.93. The zero-order chi connectivity index (χ0) is 21.7. The summed E-state index contributed by atoms with van der Waals surface area (Å²) in [6.45, 7) is 8.12. The molecule has 5 rings (SSSR count). The molecule has 2 aromatic carbocycles. The van der Waals surface area contributed by atoms with Crippen molar-refractivity contribution in [2.24, 2.45) is 0 Å². The van der Waals surface area contributed by atoms with Gasteiger partial charge in [-0.05, 0) is 79.8 Å². The van der Waals surface area contributed by atoms with Gasteiger partial charge in [0.25, 0.3) is 0 Å². The molecule has 0 bridgehead atoms. The highest BCUT2D eigenvalue weighted by Crippen LogP contribution is 2.39. The van der Waals surface area contributed by atoms with Crippen LogP contribution in [-0.4, -0.2) is 16.1 Å². The summed E-state index contributed by atoms with van der Waals surface area (Å²) >= 11 is 6.32. The number of rotatable bonds is 3. The van der Waals surface area contributed by atoms with E-state index in [4.69, 9.17) is 16.6 Å². The SMILES string of the molecule is Cc1c(C)n(Cc2ccc(F)cc2)c2c(N3CCc4ccc(Cl)cc4C3C)nccc12.Cl. The first-order chi connectivity index (χ1) is 14.9. The second-order valence-electron chi connectivity index (χ2n) is 8.42. The highest BCUT2D eigenvalue weighted by molar-refractivity contribution is 6.30. The minimum Gasteiger partial charge on any atom is -0.348 e. The predicted molar refractivity (Wildman–Crippen MR) is 133 cm³/mol. The molecule has 1 aliphatic heterocycles. The highest BCUT2D eigenvalue weighted by Gasteiger charge is 2.28. The Labute approximate surface area is 199 Å². The zero-order valence-electron chi connectivity index (χ0n) is 18.4. The zero-order valence-corrected chi connectivity index (χ0v) is 20.0. The predicted octanol–water partition coefficient (Wildman–Crippen LogP) is 7.04.